The number of carbonyl (C=O) groups is 1. The summed E-state index contributed by atoms with van der Waals surface area (Å²) in [5.74, 6) is 0.134. The van der Waals surface area contributed by atoms with Gasteiger partial charge < -0.3 is 5.32 Å². The van der Waals surface area contributed by atoms with Gasteiger partial charge in [-0.2, -0.15) is 0 Å². The molecule has 0 bridgehead atoms. The standard InChI is InChI=1S/C25H23FN4OS/c1-18-11-13-20(14-12-18)30-24(21-9-5-6-10-22(21)26)28-29-25(30)32-17-23(31)27-16-15-19-7-3-2-4-8-19/h2-14H,15-17H2,1H3,(H,27,31). The normalized spacial score (nSPS) is 10.8. The Balaban J connectivity index is 1.50. The maximum absolute atomic E-state index is 14.5. The Labute approximate surface area is 190 Å². The van der Waals surface area contributed by atoms with Crippen molar-refractivity contribution in [2.24, 2.45) is 0 Å². The predicted octanol–water partition coefficient (Wildman–Crippen LogP) is 4.83. The lowest BCUT2D eigenvalue weighted by Crippen LogP contribution is -2.27. The van der Waals surface area contributed by atoms with Crippen molar-refractivity contribution in [2.75, 3.05) is 12.3 Å². The number of nitrogens with zero attached hydrogens (tertiary/aromatic N) is 3. The van der Waals surface area contributed by atoms with Crippen molar-refractivity contribution in [1.29, 1.82) is 0 Å². The molecule has 0 unspecified atom stereocenters. The summed E-state index contributed by atoms with van der Waals surface area (Å²) in [7, 11) is 0. The topological polar surface area (TPSA) is 59.8 Å². The van der Waals surface area contributed by atoms with E-state index in [0.29, 0.717) is 23.1 Å². The second-order valence-electron chi connectivity index (χ2n) is 7.33. The van der Waals surface area contributed by atoms with Gasteiger partial charge in [0.1, 0.15) is 5.82 Å². The molecule has 1 heterocycles. The Kier molecular flexibility index (Phi) is 6.97. The molecule has 0 aliphatic heterocycles. The molecule has 1 aromatic heterocycles. The number of amides is 1. The summed E-state index contributed by atoms with van der Waals surface area (Å²) in [5, 5.41) is 12.0. The monoisotopic (exact) mass is 446 g/mol. The van der Waals surface area contributed by atoms with Gasteiger partial charge in [0.05, 0.1) is 11.3 Å². The van der Waals surface area contributed by atoms with Gasteiger partial charge in [-0.25, -0.2) is 4.39 Å². The second kappa shape index (κ2) is 10.2. The van der Waals surface area contributed by atoms with Gasteiger partial charge in [-0.15, -0.1) is 10.2 Å². The van der Waals surface area contributed by atoms with Gasteiger partial charge in [-0.1, -0.05) is 71.9 Å². The van der Waals surface area contributed by atoms with Crippen LogP contribution in [0.3, 0.4) is 0 Å². The molecule has 0 radical (unpaired) electrons. The number of rotatable bonds is 8. The number of aromatic nitrogens is 3. The molecule has 0 aliphatic carbocycles. The third-order valence-corrected chi connectivity index (χ3v) is 5.88. The predicted molar refractivity (Wildman–Crippen MR) is 125 cm³/mol. The molecule has 0 fully saturated rings. The number of nitrogens with one attached hydrogen (secondary N) is 1. The SMILES string of the molecule is Cc1ccc(-n2c(SCC(=O)NCCc3ccccc3)nnc2-c2ccccc2F)cc1. The van der Waals surface area contributed by atoms with E-state index < -0.39 is 0 Å². The Morgan fingerprint density at radius 1 is 0.969 bits per heavy atom. The zero-order valence-electron chi connectivity index (χ0n) is 17.7. The molecule has 1 amide bonds. The molecular formula is C25H23FN4OS. The van der Waals surface area contributed by atoms with Gasteiger partial charge in [0.15, 0.2) is 11.0 Å². The third-order valence-electron chi connectivity index (χ3n) is 4.95. The maximum atomic E-state index is 14.5. The average molecular weight is 447 g/mol. The summed E-state index contributed by atoms with van der Waals surface area (Å²) in [5.41, 5.74) is 3.46. The molecule has 0 spiro atoms. The Morgan fingerprint density at radius 2 is 1.69 bits per heavy atom. The van der Waals surface area contributed by atoms with E-state index in [-0.39, 0.29) is 17.5 Å². The molecule has 4 rings (SSSR count). The molecule has 1 N–H and O–H groups in total. The van der Waals surface area contributed by atoms with Crippen LogP contribution in [0.15, 0.2) is 84.0 Å². The Bertz CT molecular complexity index is 1190. The van der Waals surface area contributed by atoms with Crippen molar-refractivity contribution in [1.82, 2.24) is 20.1 Å². The van der Waals surface area contributed by atoms with Crippen molar-refractivity contribution < 1.29 is 9.18 Å². The first-order chi connectivity index (χ1) is 15.6. The molecule has 162 valence electrons. The summed E-state index contributed by atoms with van der Waals surface area (Å²) in [6, 6.07) is 24.3. The van der Waals surface area contributed by atoms with Gasteiger partial charge in [-0.05, 0) is 43.2 Å². The van der Waals surface area contributed by atoms with Crippen molar-refractivity contribution in [3.05, 3.63) is 95.8 Å². The lowest BCUT2D eigenvalue weighted by molar-refractivity contribution is -0.118. The second-order valence-corrected chi connectivity index (χ2v) is 8.27. The molecule has 4 aromatic rings. The smallest absolute Gasteiger partial charge is 0.230 e. The quantitative estimate of drug-likeness (QED) is 0.394. The summed E-state index contributed by atoms with van der Waals surface area (Å²) < 4.78 is 16.3. The van der Waals surface area contributed by atoms with Gasteiger partial charge >= 0.3 is 0 Å². The highest BCUT2D eigenvalue weighted by atomic mass is 32.2. The number of benzene rings is 3. The van der Waals surface area contributed by atoms with Crippen LogP contribution >= 0.6 is 11.8 Å². The van der Waals surface area contributed by atoms with E-state index in [1.54, 1.807) is 22.8 Å². The van der Waals surface area contributed by atoms with Crippen LogP contribution in [0.25, 0.3) is 17.1 Å². The van der Waals surface area contributed by atoms with Gasteiger partial charge in [0.2, 0.25) is 5.91 Å². The zero-order valence-corrected chi connectivity index (χ0v) is 18.5. The Hall–Kier alpha value is -3.45. The van der Waals surface area contributed by atoms with Crippen LogP contribution in [0.4, 0.5) is 4.39 Å². The number of hydrogen-bond donors (Lipinski definition) is 1. The maximum Gasteiger partial charge on any atom is 0.230 e. The van der Waals surface area contributed by atoms with E-state index in [9.17, 15) is 9.18 Å². The minimum absolute atomic E-state index is 0.0863. The summed E-state index contributed by atoms with van der Waals surface area (Å²) in [4.78, 5) is 12.4. The highest BCUT2D eigenvalue weighted by Crippen LogP contribution is 2.29. The number of aryl methyl sites for hydroxylation is 1. The van der Waals surface area contributed by atoms with Crippen LogP contribution in [-0.2, 0) is 11.2 Å². The molecular weight excluding hydrogens is 423 g/mol. The number of thioether (sulfide) groups is 1. The van der Waals surface area contributed by atoms with Crippen LogP contribution in [0.1, 0.15) is 11.1 Å². The lowest BCUT2D eigenvalue weighted by Gasteiger charge is -2.11. The van der Waals surface area contributed by atoms with Gasteiger partial charge in [-0.3, -0.25) is 9.36 Å². The zero-order chi connectivity index (χ0) is 22.3. The first kappa shape index (κ1) is 21.8. The fourth-order valence-electron chi connectivity index (χ4n) is 3.28. The van der Waals surface area contributed by atoms with Crippen LogP contribution in [0.2, 0.25) is 0 Å². The van der Waals surface area contributed by atoms with E-state index in [1.165, 1.54) is 23.4 Å². The van der Waals surface area contributed by atoms with Crippen LogP contribution < -0.4 is 5.32 Å². The van der Waals surface area contributed by atoms with E-state index in [4.69, 9.17) is 0 Å². The number of carbonyl (C=O) groups excluding carboxylic acids is 1. The highest BCUT2D eigenvalue weighted by molar-refractivity contribution is 7.99. The fraction of sp³-hybridized carbons (Fsp3) is 0.160. The van der Waals surface area contributed by atoms with Crippen molar-refractivity contribution in [3.8, 4) is 17.1 Å². The molecule has 32 heavy (non-hydrogen) atoms. The molecule has 0 atom stereocenters. The average Bonchev–Trinajstić information content (AvgIpc) is 3.23. The highest BCUT2D eigenvalue weighted by Gasteiger charge is 2.19. The molecule has 5 nitrogen and oxygen atoms in total. The molecule has 3 aromatic carbocycles. The van der Waals surface area contributed by atoms with E-state index >= 15 is 0 Å². The minimum atomic E-state index is -0.372. The van der Waals surface area contributed by atoms with Gasteiger partial charge in [0, 0.05) is 12.2 Å². The summed E-state index contributed by atoms with van der Waals surface area (Å²) in [6.07, 6.45) is 0.772. The first-order valence-electron chi connectivity index (χ1n) is 10.3. The summed E-state index contributed by atoms with van der Waals surface area (Å²) >= 11 is 1.28. The van der Waals surface area contributed by atoms with Gasteiger partial charge in [0.25, 0.3) is 0 Å². The number of hydrogen-bond acceptors (Lipinski definition) is 4. The fourth-order valence-corrected chi connectivity index (χ4v) is 4.06. The minimum Gasteiger partial charge on any atom is -0.355 e. The molecule has 0 saturated heterocycles. The molecule has 0 saturated carbocycles. The Morgan fingerprint density at radius 3 is 2.44 bits per heavy atom. The van der Waals surface area contributed by atoms with E-state index in [0.717, 1.165) is 17.7 Å². The molecule has 7 heteroatoms. The first-order valence-corrected chi connectivity index (χ1v) is 11.3. The van der Waals surface area contributed by atoms with Crippen molar-refractivity contribution in [2.45, 2.75) is 18.5 Å². The van der Waals surface area contributed by atoms with Crippen molar-refractivity contribution >= 4 is 17.7 Å². The van der Waals surface area contributed by atoms with E-state index in [2.05, 4.69) is 15.5 Å². The third kappa shape index (κ3) is 5.23. The summed E-state index contributed by atoms with van der Waals surface area (Å²) in [6.45, 7) is 2.57. The van der Waals surface area contributed by atoms with Crippen LogP contribution in [0, 0.1) is 12.7 Å². The van der Waals surface area contributed by atoms with Crippen LogP contribution in [-0.4, -0.2) is 33.0 Å². The lowest BCUT2D eigenvalue weighted by atomic mass is 10.1. The van der Waals surface area contributed by atoms with Crippen molar-refractivity contribution in [3.63, 3.8) is 0 Å². The van der Waals surface area contributed by atoms with E-state index in [1.807, 2.05) is 61.5 Å². The largest absolute Gasteiger partial charge is 0.355 e. The molecule has 0 aliphatic rings. The van der Waals surface area contributed by atoms with Crippen LogP contribution in [0.5, 0.6) is 0 Å². The number of halogens is 1.